The molecule has 0 aliphatic rings. The van der Waals surface area contributed by atoms with Crippen LogP contribution in [-0.2, 0) is 0 Å². The minimum absolute atomic E-state index is 1.02. The SMILES string of the molecule is CCC=C=NSCC. The van der Waals surface area contributed by atoms with Crippen LogP contribution in [0.1, 0.15) is 20.3 Å². The molecule has 0 radical (unpaired) electrons. The lowest BCUT2D eigenvalue weighted by Gasteiger charge is -1.75. The first kappa shape index (κ1) is 7.80. The van der Waals surface area contributed by atoms with Crippen LogP contribution in [0.25, 0.3) is 0 Å². The molecule has 46 valence electrons. The second kappa shape index (κ2) is 6.80. The van der Waals surface area contributed by atoms with Crippen LogP contribution in [0.4, 0.5) is 0 Å². The maximum absolute atomic E-state index is 3.89. The highest BCUT2D eigenvalue weighted by Crippen LogP contribution is 1.95. The normalized spacial score (nSPS) is 7.75. The summed E-state index contributed by atoms with van der Waals surface area (Å²) < 4.78 is 3.89. The molecule has 2 heteroatoms. The standard InChI is InChI=1S/C6H11NS/c1-3-5-6-7-8-4-2/h5H,3-4H2,1-2H3. The van der Waals surface area contributed by atoms with Gasteiger partial charge in [-0.05, 0) is 30.3 Å². The van der Waals surface area contributed by atoms with E-state index < -0.39 is 0 Å². The van der Waals surface area contributed by atoms with Crippen molar-refractivity contribution in [1.82, 2.24) is 0 Å². The first-order chi connectivity index (χ1) is 3.91. The predicted molar refractivity (Wildman–Crippen MR) is 40.4 cm³/mol. The second-order valence-corrected chi connectivity index (χ2v) is 2.27. The first-order valence-corrected chi connectivity index (χ1v) is 3.75. The Balaban J connectivity index is 3.18. The fourth-order valence-electron chi connectivity index (χ4n) is 0.230. The Hall–Kier alpha value is -0.200. The topological polar surface area (TPSA) is 12.4 Å². The van der Waals surface area contributed by atoms with E-state index in [2.05, 4.69) is 24.1 Å². The molecule has 0 bridgehead atoms. The summed E-state index contributed by atoms with van der Waals surface area (Å²) in [5.41, 5.74) is 0. The Morgan fingerprint density at radius 2 is 2.38 bits per heavy atom. The summed E-state index contributed by atoms with van der Waals surface area (Å²) in [5.74, 6) is 3.83. The maximum Gasteiger partial charge on any atom is 0.0132 e. The molecule has 0 amide bonds. The summed E-state index contributed by atoms with van der Waals surface area (Å²) in [7, 11) is 0. The third-order valence-corrected chi connectivity index (χ3v) is 1.03. The van der Waals surface area contributed by atoms with Crippen LogP contribution in [0.3, 0.4) is 0 Å². The van der Waals surface area contributed by atoms with Crippen molar-refractivity contribution in [2.45, 2.75) is 20.3 Å². The van der Waals surface area contributed by atoms with Gasteiger partial charge >= 0.3 is 0 Å². The van der Waals surface area contributed by atoms with Gasteiger partial charge in [-0.1, -0.05) is 13.8 Å². The second-order valence-electron chi connectivity index (χ2n) is 1.25. The molecule has 0 heterocycles. The van der Waals surface area contributed by atoms with E-state index in [1.807, 2.05) is 6.08 Å². The van der Waals surface area contributed by atoms with Crippen molar-refractivity contribution in [2.75, 3.05) is 5.75 Å². The monoisotopic (exact) mass is 129 g/mol. The van der Waals surface area contributed by atoms with Crippen molar-refractivity contribution >= 4 is 17.8 Å². The molecule has 0 saturated carbocycles. The average Bonchev–Trinajstić information content (AvgIpc) is 1.81. The van der Waals surface area contributed by atoms with Gasteiger partial charge in [-0.25, -0.2) is 0 Å². The van der Waals surface area contributed by atoms with E-state index in [0.717, 1.165) is 12.2 Å². The fourth-order valence-corrected chi connectivity index (χ4v) is 0.509. The largest absolute Gasteiger partial charge is 0.174 e. The Bertz CT molecular complexity index is 92.7. The summed E-state index contributed by atoms with van der Waals surface area (Å²) >= 11 is 1.53. The minimum Gasteiger partial charge on any atom is -0.174 e. The Morgan fingerprint density at radius 3 is 2.88 bits per heavy atom. The molecule has 0 aliphatic heterocycles. The van der Waals surface area contributed by atoms with E-state index in [0.29, 0.717) is 0 Å². The van der Waals surface area contributed by atoms with Gasteiger partial charge in [-0.3, -0.25) is 0 Å². The summed E-state index contributed by atoms with van der Waals surface area (Å²) in [5, 5.41) is 0. The predicted octanol–water partition coefficient (Wildman–Crippen LogP) is 2.29. The molecule has 0 N–H and O–H groups in total. The van der Waals surface area contributed by atoms with Gasteiger partial charge in [0.05, 0.1) is 0 Å². The van der Waals surface area contributed by atoms with Gasteiger partial charge < -0.3 is 0 Å². The molecule has 0 aromatic carbocycles. The van der Waals surface area contributed by atoms with Gasteiger partial charge in [-0.15, -0.1) is 0 Å². The lowest BCUT2D eigenvalue weighted by molar-refractivity contribution is 1.24. The summed E-state index contributed by atoms with van der Waals surface area (Å²) in [4.78, 5) is 0. The van der Waals surface area contributed by atoms with Gasteiger partial charge in [0.2, 0.25) is 0 Å². The van der Waals surface area contributed by atoms with E-state index >= 15 is 0 Å². The molecule has 0 rings (SSSR count). The zero-order chi connectivity index (χ0) is 6.24. The zero-order valence-corrected chi connectivity index (χ0v) is 6.16. The molecule has 1 nitrogen and oxygen atoms in total. The molecule has 0 saturated heterocycles. The lowest BCUT2D eigenvalue weighted by Crippen LogP contribution is -1.57. The van der Waals surface area contributed by atoms with E-state index in [-0.39, 0.29) is 0 Å². The van der Waals surface area contributed by atoms with E-state index in [1.165, 1.54) is 11.9 Å². The Labute approximate surface area is 55.0 Å². The van der Waals surface area contributed by atoms with Crippen LogP contribution in [-0.4, -0.2) is 11.6 Å². The molecule has 0 fully saturated rings. The highest BCUT2D eigenvalue weighted by molar-refractivity contribution is 7.98. The van der Waals surface area contributed by atoms with Gasteiger partial charge in [0, 0.05) is 5.75 Å². The lowest BCUT2D eigenvalue weighted by atomic mass is 10.5. The zero-order valence-electron chi connectivity index (χ0n) is 5.35. The number of nitrogens with zero attached hydrogens (tertiary/aromatic N) is 1. The Morgan fingerprint density at radius 1 is 1.62 bits per heavy atom. The van der Waals surface area contributed by atoms with Crippen LogP contribution >= 0.6 is 11.9 Å². The Kier molecular flexibility index (Phi) is 6.63. The van der Waals surface area contributed by atoms with Crippen LogP contribution in [0.15, 0.2) is 10.5 Å². The number of rotatable bonds is 3. The molecule has 0 aliphatic carbocycles. The highest BCUT2D eigenvalue weighted by Gasteiger charge is 1.67. The molecule has 0 unspecified atom stereocenters. The van der Waals surface area contributed by atoms with Crippen LogP contribution in [0.2, 0.25) is 0 Å². The van der Waals surface area contributed by atoms with Crippen molar-refractivity contribution in [3.63, 3.8) is 0 Å². The van der Waals surface area contributed by atoms with Gasteiger partial charge in [0.1, 0.15) is 0 Å². The van der Waals surface area contributed by atoms with Gasteiger partial charge in [0.15, 0.2) is 0 Å². The quantitative estimate of drug-likeness (QED) is 0.420. The minimum atomic E-state index is 1.02. The smallest absolute Gasteiger partial charge is 0.0132 e. The van der Waals surface area contributed by atoms with Crippen molar-refractivity contribution < 1.29 is 0 Å². The molecule has 0 spiro atoms. The van der Waals surface area contributed by atoms with Gasteiger partial charge in [-0.2, -0.15) is 4.40 Å². The van der Waals surface area contributed by atoms with E-state index in [4.69, 9.17) is 0 Å². The summed E-state index contributed by atoms with van der Waals surface area (Å²) in [6.07, 6.45) is 2.94. The van der Waals surface area contributed by atoms with Crippen molar-refractivity contribution in [3.05, 3.63) is 6.08 Å². The van der Waals surface area contributed by atoms with Crippen molar-refractivity contribution in [1.29, 1.82) is 0 Å². The molecule has 0 aromatic heterocycles. The molecule has 0 aromatic rings. The molecular formula is C6H11NS. The number of hydrogen-bond donors (Lipinski definition) is 0. The molecule has 0 atom stereocenters. The summed E-state index contributed by atoms with van der Waals surface area (Å²) in [6.45, 7) is 4.14. The fraction of sp³-hybridized carbons (Fsp3) is 0.667. The third-order valence-electron chi connectivity index (χ3n) is 0.542. The van der Waals surface area contributed by atoms with Crippen LogP contribution in [0.5, 0.6) is 0 Å². The molecular weight excluding hydrogens is 118 g/mol. The van der Waals surface area contributed by atoms with Crippen molar-refractivity contribution in [3.8, 4) is 0 Å². The number of hydrogen-bond acceptors (Lipinski definition) is 2. The van der Waals surface area contributed by atoms with E-state index in [9.17, 15) is 0 Å². The maximum atomic E-state index is 3.89. The average molecular weight is 129 g/mol. The van der Waals surface area contributed by atoms with Gasteiger partial charge in [0.25, 0.3) is 0 Å². The highest BCUT2D eigenvalue weighted by atomic mass is 32.2. The molecule has 8 heavy (non-hydrogen) atoms. The van der Waals surface area contributed by atoms with Crippen LogP contribution < -0.4 is 0 Å². The van der Waals surface area contributed by atoms with Crippen molar-refractivity contribution in [2.24, 2.45) is 4.40 Å². The summed E-state index contributed by atoms with van der Waals surface area (Å²) in [6, 6.07) is 0. The van der Waals surface area contributed by atoms with E-state index in [1.54, 1.807) is 0 Å². The first-order valence-electron chi connectivity index (χ1n) is 2.81. The third kappa shape index (κ3) is 5.80. The van der Waals surface area contributed by atoms with Crippen LogP contribution in [0, 0.1) is 0 Å². The number of allylic oxidation sites excluding steroid dienone is 1.